The predicted octanol–water partition coefficient (Wildman–Crippen LogP) is 1.16. The summed E-state index contributed by atoms with van der Waals surface area (Å²) in [6, 6.07) is 1.09. The first-order chi connectivity index (χ1) is 10.1. The quantitative estimate of drug-likeness (QED) is 0.611. The molecule has 0 spiro atoms. The summed E-state index contributed by atoms with van der Waals surface area (Å²) in [5.41, 5.74) is -0.839. The number of rotatable bonds is 3. The van der Waals surface area contributed by atoms with Crippen LogP contribution in [0.1, 0.15) is 16.8 Å². The number of halogens is 3. The number of methoxy groups -OCH3 is 1. The second-order valence-corrected chi connectivity index (χ2v) is 6.20. The van der Waals surface area contributed by atoms with Gasteiger partial charge in [-0.15, -0.1) is 3.89 Å². The highest BCUT2D eigenvalue weighted by Gasteiger charge is 2.40. The molecule has 1 heterocycles. The summed E-state index contributed by atoms with van der Waals surface area (Å²) in [6.45, 7) is -0.604. The third kappa shape index (κ3) is 2.91. The molecule has 0 radical (unpaired) electrons. The Kier molecular flexibility index (Phi) is 4.14. The number of carbonyl (C=O) groups is 2. The molecule has 6 nitrogen and oxygen atoms in total. The van der Waals surface area contributed by atoms with Crippen molar-refractivity contribution in [2.75, 3.05) is 18.6 Å². The maximum atomic E-state index is 13.4. The van der Waals surface area contributed by atoms with Gasteiger partial charge in [-0.2, -0.15) is 8.42 Å². The first-order valence-electron chi connectivity index (χ1n) is 5.96. The SMILES string of the molecule is COC(=O)c1cc(F)c(F)cc1N1CC(S(=O)(=O)F)CC1=O. The number of nitrogens with zero attached hydrogens (tertiary/aromatic N) is 1. The summed E-state index contributed by atoms with van der Waals surface area (Å²) in [7, 11) is -3.99. The largest absolute Gasteiger partial charge is 0.465 e. The van der Waals surface area contributed by atoms with Crippen molar-refractivity contribution in [1.29, 1.82) is 0 Å². The lowest BCUT2D eigenvalue weighted by Gasteiger charge is -2.19. The number of esters is 1. The van der Waals surface area contributed by atoms with Gasteiger partial charge in [-0.3, -0.25) is 4.79 Å². The molecule has 22 heavy (non-hydrogen) atoms. The lowest BCUT2D eigenvalue weighted by Crippen LogP contribution is -2.29. The van der Waals surface area contributed by atoms with Crippen LogP contribution in [0.25, 0.3) is 0 Å². The fraction of sp³-hybridized carbons (Fsp3) is 0.333. The Morgan fingerprint density at radius 3 is 2.41 bits per heavy atom. The van der Waals surface area contributed by atoms with Crippen LogP contribution in [0.4, 0.5) is 18.4 Å². The van der Waals surface area contributed by atoms with Crippen molar-refractivity contribution in [3.63, 3.8) is 0 Å². The van der Waals surface area contributed by atoms with Crippen LogP contribution in [-0.2, 0) is 19.8 Å². The number of benzene rings is 1. The fourth-order valence-electron chi connectivity index (χ4n) is 2.13. The van der Waals surface area contributed by atoms with Crippen LogP contribution in [0.2, 0.25) is 0 Å². The van der Waals surface area contributed by atoms with Gasteiger partial charge in [0.15, 0.2) is 11.6 Å². The zero-order valence-electron chi connectivity index (χ0n) is 11.2. The van der Waals surface area contributed by atoms with Crippen molar-refractivity contribution < 1.29 is 35.4 Å². The summed E-state index contributed by atoms with van der Waals surface area (Å²) < 4.78 is 65.8. The highest BCUT2D eigenvalue weighted by molar-refractivity contribution is 7.87. The molecule has 1 aromatic rings. The van der Waals surface area contributed by atoms with E-state index in [2.05, 4.69) is 4.74 Å². The van der Waals surface area contributed by atoms with Crippen molar-refractivity contribution >= 4 is 27.8 Å². The van der Waals surface area contributed by atoms with E-state index in [9.17, 15) is 30.7 Å². The van der Waals surface area contributed by atoms with Crippen LogP contribution >= 0.6 is 0 Å². The number of carbonyl (C=O) groups excluding carboxylic acids is 2. The average molecular weight is 337 g/mol. The second-order valence-electron chi connectivity index (χ2n) is 4.58. The third-order valence-electron chi connectivity index (χ3n) is 3.22. The Morgan fingerprint density at radius 1 is 1.32 bits per heavy atom. The Balaban J connectivity index is 2.50. The molecule has 120 valence electrons. The highest BCUT2D eigenvalue weighted by atomic mass is 32.3. The van der Waals surface area contributed by atoms with Gasteiger partial charge in [0.1, 0.15) is 5.25 Å². The minimum atomic E-state index is -4.98. The molecule has 1 aromatic carbocycles. The molecule has 1 aliphatic heterocycles. The van der Waals surface area contributed by atoms with Crippen LogP contribution in [0.5, 0.6) is 0 Å². The minimum absolute atomic E-state index is 0.373. The van der Waals surface area contributed by atoms with Crippen LogP contribution in [0.15, 0.2) is 12.1 Å². The summed E-state index contributed by atoms with van der Waals surface area (Å²) >= 11 is 0. The molecule has 10 heteroatoms. The minimum Gasteiger partial charge on any atom is -0.465 e. The normalized spacial score (nSPS) is 18.6. The van der Waals surface area contributed by atoms with Gasteiger partial charge in [-0.25, -0.2) is 13.6 Å². The number of ether oxygens (including phenoxy) is 1. The van der Waals surface area contributed by atoms with Crippen molar-refractivity contribution in [3.8, 4) is 0 Å². The monoisotopic (exact) mass is 337 g/mol. The van der Waals surface area contributed by atoms with E-state index in [1.54, 1.807) is 0 Å². The van der Waals surface area contributed by atoms with E-state index in [0.29, 0.717) is 12.1 Å². The number of hydrogen-bond donors (Lipinski definition) is 0. The fourth-order valence-corrected chi connectivity index (χ4v) is 2.80. The molecule has 0 aromatic heterocycles. The van der Waals surface area contributed by atoms with Crippen molar-refractivity contribution in [2.45, 2.75) is 11.7 Å². The molecule has 0 saturated carbocycles. The summed E-state index contributed by atoms with van der Waals surface area (Å²) in [6.07, 6.45) is -0.654. The third-order valence-corrected chi connectivity index (χ3v) is 4.33. The standard InChI is InChI=1S/C12H10F3NO5S/c1-21-12(18)7-3-8(13)9(14)4-10(7)16-5-6(2-11(16)17)22(15,19)20/h3-4,6H,2,5H2,1H3. The molecule has 1 fully saturated rings. The average Bonchev–Trinajstić information content (AvgIpc) is 2.82. The molecule has 1 aliphatic rings. The zero-order chi connectivity index (χ0) is 16.7. The van der Waals surface area contributed by atoms with Crippen LogP contribution in [0.3, 0.4) is 0 Å². The van der Waals surface area contributed by atoms with Gasteiger partial charge >= 0.3 is 16.2 Å². The van der Waals surface area contributed by atoms with E-state index in [1.807, 2.05) is 0 Å². The molecule has 0 bridgehead atoms. The molecule has 1 unspecified atom stereocenters. The lowest BCUT2D eigenvalue weighted by atomic mass is 10.1. The predicted molar refractivity (Wildman–Crippen MR) is 68.5 cm³/mol. The van der Waals surface area contributed by atoms with E-state index < -0.39 is 57.5 Å². The van der Waals surface area contributed by atoms with Gasteiger partial charge in [0.25, 0.3) is 0 Å². The Bertz CT molecular complexity index is 749. The topological polar surface area (TPSA) is 80.8 Å². The van der Waals surface area contributed by atoms with Crippen LogP contribution in [-0.4, -0.2) is 39.2 Å². The number of amides is 1. The first-order valence-corrected chi connectivity index (χ1v) is 7.41. The van der Waals surface area contributed by atoms with Gasteiger partial charge < -0.3 is 9.64 Å². The zero-order valence-corrected chi connectivity index (χ0v) is 12.0. The van der Waals surface area contributed by atoms with Crippen LogP contribution in [0, 0.1) is 11.6 Å². The van der Waals surface area contributed by atoms with Crippen molar-refractivity contribution in [2.24, 2.45) is 0 Å². The van der Waals surface area contributed by atoms with Gasteiger partial charge in [-0.05, 0) is 6.07 Å². The molecular weight excluding hydrogens is 327 g/mol. The van der Waals surface area contributed by atoms with Gasteiger partial charge in [0.05, 0.1) is 18.4 Å². The maximum absolute atomic E-state index is 13.4. The molecule has 1 amide bonds. The molecule has 0 N–H and O–H groups in total. The second kappa shape index (κ2) is 5.59. The molecule has 0 aliphatic carbocycles. The molecule has 2 rings (SSSR count). The molecule has 1 atom stereocenters. The van der Waals surface area contributed by atoms with Crippen LogP contribution < -0.4 is 4.90 Å². The van der Waals surface area contributed by atoms with Gasteiger partial charge in [-0.1, -0.05) is 0 Å². The Labute approximate surface area is 123 Å². The maximum Gasteiger partial charge on any atom is 0.340 e. The molecular formula is C12H10F3NO5S. The van der Waals surface area contributed by atoms with E-state index in [1.165, 1.54) is 0 Å². The summed E-state index contributed by atoms with van der Waals surface area (Å²) in [5, 5.41) is -1.63. The lowest BCUT2D eigenvalue weighted by molar-refractivity contribution is -0.117. The first kappa shape index (κ1) is 16.3. The van der Waals surface area contributed by atoms with Crippen molar-refractivity contribution in [1.82, 2.24) is 0 Å². The van der Waals surface area contributed by atoms with E-state index in [0.717, 1.165) is 12.0 Å². The molecule has 1 saturated heterocycles. The summed E-state index contributed by atoms with van der Waals surface area (Å²) in [4.78, 5) is 24.1. The number of anilines is 1. The Morgan fingerprint density at radius 2 is 1.91 bits per heavy atom. The van der Waals surface area contributed by atoms with Gasteiger partial charge in [0, 0.05) is 19.0 Å². The van der Waals surface area contributed by atoms with Crippen molar-refractivity contribution in [3.05, 3.63) is 29.3 Å². The van der Waals surface area contributed by atoms with E-state index in [4.69, 9.17) is 0 Å². The highest BCUT2D eigenvalue weighted by Crippen LogP contribution is 2.30. The number of hydrogen-bond acceptors (Lipinski definition) is 5. The smallest absolute Gasteiger partial charge is 0.340 e. The van der Waals surface area contributed by atoms with E-state index >= 15 is 0 Å². The van der Waals surface area contributed by atoms with Gasteiger partial charge in [0.2, 0.25) is 5.91 Å². The summed E-state index contributed by atoms with van der Waals surface area (Å²) in [5.74, 6) is -4.57. The van der Waals surface area contributed by atoms with E-state index in [-0.39, 0.29) is 5.69 Å². The Hall–Kier alpha value is -2.10.